The van der Waals surface area contributed by atoms with Gasteiger partial charge in [-0.3, -0.25) is 4.79 Å². The van der Waals surface area contributed by atoms with Crippen LogP contribution in [0.4, 0.5) is 5.69 Å². The number of nitrogens with one attached hydrogen (secondary N) is 1. The van der Waals surface area contributed by atoms with Gasteiger partial charge in [0.25, 0.3) is 5.91 Å². The van der Waals surface area contributed by atoms with Crippen molar-refractivity contribution in [1.82, 2.24) is 0 Å². The molecule has 1 aromatic carbocycles. The van der Waals surface area contributed by atoms with Crippen molar-refractivity contribution in [3.8, 4) is 11.8 Å². The van der Waals surface area contributed by atoms with E-state index in [4.69, 9.17) is 9.84 Å². The van der Waals surface area contributed by atoms with E-state index in [0.717, 1.165) is 29.7 Å². The van der Waals surface area contributed by atoms with Gasteiger partial charge in [-0.2, -0.15) is 0 Å². The minimum atomic E-state index is -0.737. The van der Waals surface area contributed by atoms with E-state index in [1.54, 1.807) is 0 Å². The maximum atomic E-state index is 12.3. The Morgan fingerprint density at radius 1 is 1.55 bits per heavy atom. The maximum absolute atomic E-state index is 12.3. The summed E-state index contributed by atoms with van der Waals surface area (Å²) in [6.45, 7) is 4.20. The molecule has 4 heteroatoms. The fraction of sp³-hybridized carbons (Fsp3) is 0.438. The fourth-order valence-electron chi connectivity index (χ4n) is 2.19. The van der Waals surface area contributed by atoms with E-state index in [1.807, 2.05) is 32.0 Å². The highest BCUT2D eigenvalue weighted by Gasteiger charge is 2.37. The second kappa shape index (κ2) is 6.08. The van der Waals surface area contributed by atoms with Crippen molar-refractivity contribution in [3.05, 3.63) is 29.3 Å². The summed E-state index contributed by atoms with van der Waals surface area (Å²) >= 11 is 0. The third-order valence-corrected chi connectivity index (χ3v) is 3.50. The molecule has 0 spiro atoms. The normalized spacial score (nSPS) is 21.1. The van der Waals surface area contributed by atoms with Gasteiger partial charge in [-0.1, -0.05) is 17.9 Å². The molecule has 0 radical (unpaired) electrons. The average molecular weight is 273 g/mol. The summed E-state index contributed by atoms with van der Waals surface area (Å²) < 4.78 is 5.54. The summed E-state index contributed by atoms with van der Waals surface area (Å²) in [5, 5.41) is 11.6. The van der Waals surface area contributed by atoms with Crippen molar-refractivity contribution >= 4 is 11.6 Å². The molecule has 4 nitrogen and oxygen atoms in total. The SMILES string of the molecule is Cc1ccc(C#CCO)cc1NC(=O)C1(C)CCCO1. The van der Waals surface area contributed by atoms with Gasteiger partial charge in [-0.05, 0) is 44.4 Å². The number of hydrogen-bond acceptors (Lipinski definition) is 3. The van der Waals surface area contributed by atoms with Crippen LogP contribution in [0.25, 0.3) is 0 Å². The highest BCUT2D eigenvalue weighted by Crippen LogP contribution is 2.27. The molecule has 1 fully saturated rings. The molecular weight excluding hydrogens is 254 g/mol. The van der Waals surface area contributed by atoms with Gasteiger partial charge in [-0.25, -0.2) is 0 Å². The number of anilines is 1. The summed E-state index contributed by atoms with van der Waals surface area (Å²) in [5.41, 5.74) is 1.72. The molecule has 1 atom stereocenters. The van der Waals surface area contributed by atoms with Crippen molar-refractivity contribution in [2.45, 2.75) is 32.3 Å². The van der Waals surface area contributed by atoms with Crippen LogP contribution in [-0.4, -0.2) is 29.8 Å². The highest BCUT2D eigenvalue weighted by atomic mass is 16.5. The average Bonchev–Trinajstić information content (AvgIpc) is 2.88. The lowest BCUT2D eigenvalue weighted by atomic mass is 10.0. The fourth-order valence-corrected chi connectivity index (χ4v) is 2.19. The number of benzene rings is 1. The molecule has 1 unspecified atom stereocenters. The first-order valence-electron chi connectivity index (χ1n) is 6.71. The molecule has 106 valence electrons. The minimum absolute atomic E-state index is 0.120. The van der Waals surface area contributed by atoms with Crippen molar-refractivity contribution in [2.75, 3.05) is 18.5 Å². The Kier molecular flexibility index (Phi) is 4.43. The molecule has 1 aromatic rings. The van der Waals surface area contributed by atoms with E-state index < -0.39 is 5.60 Å². The van der Waals surface area contributed by atoms with Crippen LogP contribution in [0.3, 0.4) is 0 Å². The van der Waals surface area contributed by atoms with Gasteiger partial charge in [0, 0.05) is 17.9 Å². The molecule has 1 amide bonds. The summed E-state index contributed by atoms with van der Waals surface area (Å²) in [4.78, 5) is 12.3. The zero-order valence-electron chi connectivity index (χ0n) is 11.8. The molecule has 0 bridgehead atoms. The van der Waals surface area contributed by atoms with Gasteiger partial charge >= 0.3 is 0 Å². The van der Waals surface area contributed by atoms with Crippen LogP contribution in [0.2, 0.25) is 0 Å². The van der Waals surface area contributed by atoms with Crippen molar-refractivity contribution in [2.24, 2.45) is 0 Å². The Morgan fingerprint density at radius 3 is 3.00 bits per heavy atom. The summed E-state index contributed by atoms with van der Waals surface area (Å²) in [6, 6.07) is 5.57. The van der Waals surface area contributed by atoms with Gasteiger partial charge in [0.15, 0.2) is 0 Å². The van der Waals surface area contributed by atoms with Gasteiger partial charge in [0.2, 0.25) is 0 Å². The minimum Gasteiger partial charge on any atom is -0.384 e. The van der Waals surface area contributed by atoms with Crippen LogP contribution < -0.4 is 5.32 Å². The van der Waals surface area contributed by atoms with Crippen molar-refractivity contribution in [3.63, 3.8) is 0 Å². The van der Waals surface area contributed by atoms with Crippen LogP contribution in [0.1, 0.15) is 30.9 Å². The molecule has 1 aliphatic rings. The van der Waals surface area contributed by atoms with Crippen LogP contribution in [0.15, 0.2) is 18.2 Å². The highest BCUT2D eigenvalue weighted by molar-refractivity contribution is 5.97. The van der Waals surface area contributed by atoms with Crippen LogP contribution in [0.5, 0.6) is 0 Å². The van der Waals surface area contributed by atoms with Gasteiger partial charge in [0.05, 0.1) is 0 Å². The maximum Gasteiger partial charge on any atom is 0.256 e. The number of rotatable bonds is 2. The Balaban J connectivity index is 2.18. The van der Waals surface area contributed by atoms with Crippen LogP contribution in [-0.2, 0) is 9.53 Å². The Labute approximate surface area is 119 Å². The molecule has 1 heterocycles. The van der Waals surface area contributed by atoms with E-state index in [2.05, 4.69) is 17.2 Å². The summed E-state index contributed by atoms with van der Waals surface area (Å²) in [6.07, 6.45) is 1.65. The molecular formula is C16H19NO3. The van der Waals surface area contributed by atoms with Crippen molar-refractivity contribution in [1.29, 1.82) is 0 Å². The summed E-state index contributed by atoms with van der Waals surface area (Å²) in [7, 11) is 0. The smallest absolute Gasteiger partial charge is 0.256 e. The van der Waals surface area contributed by atoms with Crippen LogP contribution >= 0.6 is 0 Å². The molecule has 2 N–H and O–H groups in total. The number of carbonyl (C=O) groups is 1. The lowest BCUT2D eigenvalue weighted by Crippen LogP contribution is -2.39. The van der Waals surface area contributed by atoms with E-state index in [9.17, 15) is 4.79 Å². The van der Waals surface area contributed by atoms with E-state index in [0.29, 0.717) is 6.61 Å². The monoisotopic (exact) mass is 273 g/mol. The molecule has 1 saturated heterocycles. The van der Waals surface area contributed by atoms with E-state index in [-0.39, 0.29) is 12.5 Å². The largest absolute Gasteiger partial charge is 0.384 e. The number of aliphatic hydroxyl groups excluding tert-OH is 1. The molecule has 2 rings (SSSR count). The Hall–Kier alpha value is -1.83. The first kappa shape index (κ1) is 14.6. The van der Waals surface area contributed by atoms with Crippen molar-refractivity contribution < 1.29 is 14.6 Å². The third-order valence-electron chi connectivity index (χ3n) is 3.50. The predicted molar refractivity (Wildman–Crippen MR) is 77.4 cm³/mol. The van der Waals surface area contributed by atoms with Crippen LogP contribution in [0, 0.1) is 18.8 Å². The second-order valence-electron chi connectivity index (χ2n) is 5.13. The molecule has 0 aromatic heterocycles. The number of ether oxygens (including phenoxy) is 1. The number of hydrogen-bond donors (Lipinski definition) is 2. The number of amides is 1. The lowest BCUT2D eigenvalue weighted by Gasteiger charge is -2.22. The zero-order chi connectivity index (χ0) is 14.6. The number of aryl methyl sites for hydroxylation is 1. The molecule has 20 heavy (non-hydrogen) atoms. The Morgan fingerprint density at radius 2 is 2.35 bits per heavy atom. The Bertz CT molecular complexity index is 563. The molecule has 1 aliphatic heterocycles. The first-order chi connectivity index (χ1) is 9.55. The quantitative estimate of drug-likeness (QED) is 0.808. The van der Waals surface area contributed by atoms with E-state index in [1.165, 1.54) is 0 Å². The molecule has 0 saturated carbocycles. The van der Waals surface area contributed by atoms with Gasteiger partial charge < -0.3 is 15.2 Å². The van der Waals surface area contributed by atoms with Gasteiger partial charge in [-0.15, -0.1) is 0 Å². The number of carbonyl (C=O) groups excluding carboxylic acids is 1. The summed E-state index contributed by atoms with van der Waals surface area (Å²) in [5.74, 6) is 5.31. The second-order valence-corrected chi connectivity index (χ2v) is 5.13. The third kappa shape index (κ3) is 3.19. The zero-order valence-corrected chi connectivity index (χ0v) is 11.8. The standard InChI is InChI=1S/C16H19NO3/c1-12-6-7-13(5-3-9-18)11-14(12)17-15(19)16(2)8-4-10-20-16/h6-7,11,18H,4,8-10H2,1-2H3,(H,17,19). The molecule has 0 aliphatic carbocycles. The topological polar surface area (TPSA) is 58.6 Å². The predicted octanol–water partition coefficient (Wildman–Crippen LogP) is 1.85. The lowest BCUT2D eigenvalue weighted by molar-refractivity contribution is -0.133. The number of aliphatic hydroxyl groups is 1. The van der Waals surface area contributed by atoms with E-state index >= 15 is 0 Å². The first-order valence-corrected chi connectivity index (χ1v) is 6.71. The van der Waals surface area contributed by atoms with Gasteiger partial charge in [0.1, 0.15) is 12.2 Å².